The van der Waals surface area contributed by atoms with Crippen LogP contribution in [0.25, 0.3) is 0 Å². The maximum atomic E-state index is 12.4. The van der Waals surface area contributed by atoms with Gasteiger partial charge in [-0.1, -0.05) is 6.42 Å². The molecule has 0 aromatic carbocycles. The Bertz CT molecular complexity index is 310. The number of piperidine rings is 1. The maximum Gasteiger partial charge on any atom is 0.226 e. The number of carbonyl (C=O) groups excluding carboxylic acids is 1. The van der Waals surface area contributed by atoms with Crippen molar-refractivity contribution >= 4 is 5.91 Å². The second-order valence-electron chi connectivity index (χ2n) is 6.42. The number of nitrogens with zero attached hydrogens (tertiary/aromatic N) is 1. The Morgan fingerprint density at radius 2 is 1.82 bits per heavy atom. The van der Waals surface area contributed by atoms with Crippen molar-refractivity contribution in [3.8, 4) is 0 Å². The molecule has 0 aromatic heterocycles. The van der Waals surface area contributed by atoms with E-state index in [-0.39, 0.29) is 5.54 Å². The van der Waals surface area contributed by atoms with Gasteiger partial charge in [0.1, 0.15) is 0 Å². The molecule has 1 heterocycles. The molecule has 1 amide bonds. The summed E-state index contributed by atoms with van der Waals surface area (Å²) in [4.78, 5) is 14.5. The molecule has 17 heavy (non-hydrogen) atoms. The lowest BCUT2D eigenvalue weighted by Gasteiger charge is -2.39. The topological polar surface area (TPSA) is 32.3 Å². The highest BCUT2D eigenvalue weighted by atomic mass is 16.2. The Labute approximate surface area is 104 Å². The Morgan fingerprint density at radius 3 is 2.35 bits per heavy atom. The van der Waals surface area contributed by atoms with Crippen molar-refractivity contribution in [3.63, 3.8) is 0 Å². The average Bonchev–Trinajstić information content (AvgIpc) is 2.82. The summed E-state index contributed by atoms with van der Waals surface area (Å²) in [5.41, 5.74) is 0.246. The van der Waals surface area contributed by atoms with Gasteiger partial charge in [-0.25, -0.2) is 0 Å². The average molecular weight is 236 g/mol. The predicted molar refractivity (Wildman–Crippen MR) is 67.6 cm³/mol. The van der Waals surface area contributed by atoms with Crippen LogP contribution in [0.2, 0.25) is 0 Å². The highest BCUT2D eigenvalue weighted by molar-refractivity contribution is 5.82. The molecule has 2 saturated carbocycles. The summed E-state index contributed by atoms with van der Waals surface area (Å²) in [7, 11) is 2.03. The van der Waals surface area contributed by atoms with Crippen molar-refractivity contribution in [2.75, 3.05) is 20.1 Å². The molecule has 3 rings (SSSR count). The molecule has 3 nitrogen and oxygen atoms in total. The largest absolute Gasteiger partial charge is 0.342 e. The summed E-state index contributed by atoms with van der Waals surface area (Å²) >= 11 is 0. The predicted octanol–water partition coefficient (Wildman–Crippen LogP) is 1.63. The van der Waals surface area contributed by atoms with Crippen LogP contribution >= 0.6 is 0 Å². The zero-order chi connectivity index (χ0) is 12.0. The van der Waals surface area contributed by atoms with Crippen molar-refractivity contribution in [3.05, 3.63) is 0 Å². The molecular formula is C14H24N2O. The fourth-order valence-electron chi connectivity index (χ4n) is 3.87. The van der Waals surface area contributed by atoms with Crippen LogP contribution in [0.15, 0.2) is 0 Å². The standard InChI is InChI=1S/C14H24N2O/c1-14(15-2)6-8-16(9-7-14)13(17)12-10-4-3-5-11(10)12/h10-12,15H,3-9H2,1-2H3. The van der Waals surface area contributed by atoms with Crippen molar-refractivity contribution in [1.82, 2.24) is 10.2 Å². The lowest BCUT2D eigenvalue weighted by molar-refractivity contribution is -0.135. The van der Waals surface area contributed by atoms with E-state index in [0.29, 0.717) is 11.8 Å². The van der Waals surface area contributed by atoms with Crippen LogP contribution < -0.4 is 5.32 Å². The van der Waals surface area contributed by atoms with E-state index in [9.17, 15) is 4.79 Å². The van der Waals surface area contributed by atoms with Gasteiger partial charge >= 0.3 is 0 Å². The summed E-state index contributed by atoms with van der Waals surface area (Å²) < 4.78 is 0. The molecule has 0 radical (unpaired) electrons. The number of amides is 1. The summed E-state index contributed by atoms with van der Waals surface area (Å²) in [6.45, 7) is 4.17. The van der Waals surface area contributed by atoms with Crippen LogP contribution in [-0.2, 0) is 4.79 Å². The first kappa shape index (κ1) is 11.5. The molecule has 1 aliphatic heterocycles. The van der Waals surface area contributed by atoms with Crippen molar-refractivity contribution in [1.29, 1.82) is 0 Å². The minimum absolute atomic E-state index is 0.246. The third-order valence-corrected chi connectivity index (χ3v) is 5.47. The van der Waals surface area contributed by atoms with E-state index in [1.54, 1.807) is 0 Å². The Hall–Kier alpha value is -0.570. The van der Waals surface area contributed by atoms with E-state index in [1.807, 2.05) is 7.05 Å². The fraction of sp³-hybridized carbons (Fsp3) is 0.929. The SMILES string of the molecule is CNC1(C)CCN(C(=O)C2C3CCCC32)CC1. The number of fused-ring (bicyclic) bond motifs is 1. The number of nitrogens with one attached hydrogen (secondary N) is 1. The molecule has 1 saturated heterocycles. The number of rotatable bonds is 2. The lowest BCUT2D eigenvalue weighted by atomic mass is 9.89. The molecule has 2 aliphatic carbocycles. The zero-order valence-electron chi connectivity index (χ0n) is 11.0. The van der Waals surface area contributed by atoms with Crippen LogP contribution in [0.1, 0.15) is 39.0 Å². The van der Waals surface area contributed by atoms with Crippen LogP contribution in [0, 0.1) is 17.8 Å². The minimum atomic E-state index is 0.246. The van der Waals surface area contributed by atoms with Crippen molar-refractivity contribution in [2.45, 2.75) is 44.6 Å². The van der Waals surface area contributed by atoms with Crippen molar-refractivity contribution < 1.29 is 4.79 Å². The summed E-state index contributed by atoms with van der Waals surface area (Å²) in [6.07, 6.45) is 6.16. The van der Waals surface area contributed by atoms with Gasteiger partial charge in [0.25, 0.3) is 0 Å². The van der Waals surface area contributed by atoms with E-state index in [2.05, 4.69) is 17.1 Å². The monoisotopic (exact) mass is 236 g/mol. The molecule has 3 fully saturated rings. The van der Waals surface area contributed by atoms with Gasteiger partial charge in [0, 0.05) is 24.5 Å². The third-order valence-electron chi connectivity index (χ3n) is 5.47. The van der Waals surface area contributed by atoms with Gasteiger partial charge in [-0.3, -0.25) is 4.79 Å². The van der Waals surface area contributed by atoms with Crippen molar-refractivity contribution in [2.24, 2.45) is 17.8 Å². The first-order chi connectivity index (χ1) is 8.14. The first-order valence-electron chi connectivity index (χ1n) is 7.12. The van der Waals surface area contributed by atoms with Gasteiger partial charge in [0.05, 0.1) is 0 Å². The van der Waals surface area contributed by atoms with E-state index < -0.39 is 0 Å². The van der Waals surface area contributed by atoms with Crippen LogP contribution in [-0.4, -0.2) is 36.5 Å². The molecule has 0 aromatic rings. The third kappa shape index (κ3) is 1.88. The smallest absolute Gasteiger partial charge is 0.226 e. The van der Waals surface area contributed by atoms with Crippen LogP contribution in [0.3, 0.4) is 0 Å². The maximum absolute atomic E-state index is 12.4. The van der Waals surface area contributed by atoms with Gasteiger partial charge in [0.15, 0.2) is 0 Å². The van der Waals surface area contributed by atoms with Gasteiger partial charge in [-0.2, -0.15) is 0 Å². The molecule has 1 N–H and O–H groups in total. The Kier molecular flexibility index (Phi) is 2.69. The lowest BCUT2D eigenvalue weighted by Crippen LogP contribution is -2.51. The highest BCUT2D eigenvalue weighted by Crippen LogP contribution is 2.58. The molecule has 2 unspecified atom stereocenters. The number of hydrogen-bond donors (Lipinski definition) is 1. The summed E-state index contributed by atoms with van der Waals surface area (Å²) in [6, 6.07) is 0. The quantitative estimate of drug-likeness (QED) is 0.790. The summed E-state index contributed by atoms with van der Waals surface area (Å²) in [5, 5.41) is 3.39. The van der Waals surface area contributed by atoms with E-state index in [4.69, 9.17) is 0 Å². The zero-order valence-corrected chi connectivity index (χ0v) is 11.0. The molecule has 96 valence electrons. The molecular weight excluding hydrogens is 212 g/mol. The van der Waals surface area contributed by atoms with E-state index in [0.717, 1.165) is 37.8 Å². The number of likely N-dealkylation sites (tertiary alicyclic amines) is 1. The Morgan fingerprint density at radius 1 is 1.24 bits per heavy atom. The highest BCUT2D eigenvalue weighted by Gasteiger charge is 2.57. The van der Waals surface area contributed by atoms with Gasteiger partial charge in [-0.05, 0) is 51.5 Å². The summed E-state index contributed by atoms with van der Waals surface area (Å²) in [5.74, 6) is 2.42. The van der Waals surface area contributed by atoms with E-state index >= 15 is 0 Å². The van der Waals surface area contributed by atoms with Crippen LogP contribution in [0.5, 0.6) is 0 Å². The van der Waals surface area contributed by atoms with Crippen LogP contribution in [0.4, 0.5) is 0 Å². The Balaban J connectivity index is 1.55. The molecule has 3 heteroatoms. The normalized spacial score (nSPS) is 38.9. The molecule has 3 aliphatic rings. The minimum Gasteiger partial charge on any atom is -0.342 e. The second-order valence-corrected chi connectivity index (χ2v) is 6.42. The number of carbonyl (C=O) groups is 1. The van der Waals surface area contributed by atoms with E-state index in [1.165, 1.54) is 19.3 Å². The first-order valence-corrected chi connectivity index (χ1v) is 7.12. The van der Waals surface area contributed by atoms with Gasteiger partial charge < -0.3 is 10.2 Å². The molecule has 0 spiro atoms. The van der Waals surface area contributed by atoms with Gasteiger partial charge in [-0.15, -0.1) is 0 Å². The molecule has 0 bridgehead atoms. The fourth-order valence-corrected chi connectivity index (χ4v) is 3.87. The molecule has 2 atom stereocenters. The van der Waals surface area contributed by atoms with Gasteiger partial charge in [0.2, 0.25) is 5.91 Å². The second kappa shape index (κ2) is 3.98. The number of hydrogen-bond acceptors (Lipinski definition) is 2.